The molecule has 0 atom stereocenters. The number of benzene rings is 2. The molecule has 2 N–H and O–H groups in total. The van der Waals surface area contributed by atoms with Crippen LogP contribution in [0.4, 0.5) is 17.2 Å². The van der Waals surface area contributed by atoms with Crippen molar-refractivity contribution in [2.75, 3.05) is 41.3 Å². The van der Waals surface area contributed by atoms with Crippen LogP contribution in [0.1, 0.15) is 31.1 Å². The summed E-state index contributed by atoms with van der Waals surface area (Å²) in [6, 6.07) is 14.6. The van der Waals surface area contributed by atoms with Crippen LogP contribution in [-0.4, -0.2) is 48.1 Å². The molecule has 0 saturated carbocycles. The monoisotopic (exact) mass is 574 g/mol. The minimum atomic E-state index is -1.03. The molecule has 2 aromatic carbocycles. The molecule has 0 radical (unpaired) electrons. The van der Waals surface area contributed by atoms with E-state index in [1.807, 2.05) is 45.0 Å². The maximum Gasteiger partial charge on any atom is 0.336 e. The van der Waals surface area contributed by atoms with Crippen LogP contribution in [0.5, 0.6) is 0 Å². The van der Waals surface area contributed by atoms with Gasteiger partial charge in [-0.25, -0.2) is 9.78 Å². The number of para-hydroxylation sites is 1. The van der Waals surface area contributed by atoms with E-state index in [0.717, 1.165) is 23.8 Å². The number of carbonyl (C=O) groups is 2. The molecule has 0 unspecified atom stereocenters. The molecule has 7 nitrogen and oxygen atoms in total. The number of aromatic carboxylic acids is 1. The zero-order chi connectivity index (χ0) is 23.8. The Morgan fingerprint density at radius 1 is 0.944 bits per heavy atom. The molecule has 3 aromatic rings. The number of aromatic nitrogens is 1. The number of carboxylic acid groups (broad SMARTS) is 1. The number of hydrogen-bond acceptors (Lipinski definition) is 5. The quantitative estimate of drug-likeness (QED) is 0.387. The SMILES string of the molecule is CC(C)(C)C(=O)Nc1ccc2nc(N3CCN(c4ccccc4Cl)CC3)cc(C(=O)O)c2c1.Cl.Cl.Cl. The van der Waals surface area contributed by atoms with E-state index in [2.05, 4.69) is 15.1 Å². The van der Waals surface area contributed by atoms with Gasteiger partial charge in [0, 0.05) is 42.7 Å². The second kappa shape index (κ2) is 12.7. The highest BCUT2D eigenvalue weighted by Gasteiger charge is 2.24. The third-order valence-corrected chi connectivity index (χ3v) is 6.08. The predicted octanol–water partition coefficient (Wildman–Crippen LogP) is 6.16. The summed E-state index contributed by atoms with van der Waals surface area (Å²) >= 11 is 6.34. The minimum absolute atomic E-state index is 0. The highest BCUT2D eigenvalue weighted by molar-refractivity contribution is 6.33. The van der Waals surface area contributed by atoms with E-state index in [9.17, 15) is 14.7 Å². The van der Waals surface area contributed by atoms with E-state index >= 15 is 0 Å². The van der Waals surface area contributed by atoms with Crippen molar-refractivity contribution in [1.29, 1.82) is 0 Å². The first-order chi connectivity index (χ1) is 15.6. The van der Waals surface area contributed by atoms with Crippen LogP contribution in [0.15, 0.2) is 48.5 Å². The molecule has 0 bridgehead atoms. The number of carboxylic acids is 1. The van der Waals surface area contributed by atoms with Crippen molar-refractivity contribution in [2.45, 2.75) is 20.8 Å². The first kappa shape index (κ1) is 31.6. The molecule has 2 heterocycles. The summed E-state index contributed by atoms with van der Waals surface area (Å²) in [5.74, 6) is -0.539. The first-order valence-corrected chi connectivity index (χ1v) is 11.3. The molecule has 0 aliphatic carbocycles. The number of halogens is 4. The van der Waals surface area contributed by atoms with E-state index in [-0.39, 0.29) is 48.7 Å². The predicted molar refractivity (Wildman–Crippen MR) is 154 cm³/mol. The standard InChI is InChI=1S/C25H27ClN4O3.3ClH/c1-25(2,3)24(33)27-16-8-9-20-17(14-16)18(23(31)32)15-22(28-20)30-12-10-29(11-13-30)21-7-5-4-6-19(21)26;;;/h4-9,14-15H,10-13H2,1-3H3,(H,27,33)(H,31,32);3*1H. The number of anilines is 3. The number of fused-ring (bicyclic) bond motifs is 1. The normalized spacial score (nSPS) is 13.2. The Labute approximate surface area is 234 Å². The largest absolute Gasteiger partial charge is 0.478 e. The Bertz CT molecular complexity index is 1230. The van der Waals surface area contributed by atoms with Gasteiger partial charge in [0.25, 0.3) is 0 Å². The Balaban J connectivity index is 0.00000216. The van der Waals surface area contributed by atoms with Gasteiger partial charge in [-0.15, -0.1) is 37.2 Å². The fourth-order valence-electron chi connectivity index (χ4n) is 3.83. The van der Waals surface area contributed by atoms with Gasteiger partial charge >= 0.3 is 5.97 Å². The van der Waals surface area contributed by atoms with Crippen LogP contribution < -0.4 is 15.1 Å². The lowest BCUT2D eigenvalue weighted by atomic mass is 9.95. The summed E-state index contributed by atoms with van der Waals surface area (Å²) in [6.45, 7) is 8.38. The van der Waals surface area contributed by atoms with Gasteiger partial charge in [-0.1, -0.05) is 44.5 Å². The Morgan fingerprint density at radius 3 is 2.14 bits per heavy atom. The third kappa shape index (κ3) is 6.85. The molecule has 1 aliphatic rings. The zero-order valence-electron chi connectivity index (χ0n) is 20.2. The van der Waals surface area contributed by atoms with Gasteiger partial charge in [-0.2, -0.15) is 0 Å². The average molecular weight is 576 g/mol. The number of carbonyl (C=O) groups excluding carboxylic acids is 1. The van der Waals surface area contributed by atoms with Crippen molar-refractivity contribution in [3.8, 4) is 0 Å². The van der Waals surface area contributed by atoms with Crippen molar-refractivity contribution in [2.24, 2.45) is 5.41 Å². The molecule has 4 rings (SSSR count). The second-order valence-electron chi connectivity index (χ2n) is 9.19. The van der Waals surface area contributed by atoms with Gasteiger partial charge in [-0.05, 0) is 36.4 Å². The van der Waals surface area contributed by atoms with Crippen molar-refractivity contribution < 1.29 is 14.7 Å². The fraction of sp³-hybridized carbons (Fsp3) is 0.320. The van der Waals surface area contributed by atoms with Gasteiger partial charge in [0.15, 0.2) is 0 Å². The second-order valence-corrected chi connectivity index (χ2v) is 9.60. The minimum Gasteiger partial charge on any atom is -0.478 e. The Hall–Kier alpha value is -2.45. The van der Waals surface area contributed by atoms with Crippen molar-refractivity contribution in [1.82, 2.24) is 4.98 Å². The van der Waals surface area contributed by atoms with Gasteiger partial charge in [0.2, 0.25) is 5.91 Å². The number of pyridine rings is 1. The van der Waals surface area contributed by atoms with Gasteiger partial charge < -0.3 is 20.2 Å². The summed E-state index contributed by atoms with van der Waals surface area (Å²) < 4.78 is 0. The van der Waals surface area contributed by atoms with Gasteiger partial charge in [0.1, 0.15) is 5.82 Å². The van der Waals surface area contributed by atoms with Crippen LogP contribution in [0.2, 0.25) is 5.02 Å². The topological polar surface area (TPSA) is 85.8 Å². The number of amides is 1. The molecule has 1 amide bonds. The van der Waals surface area contributed by atoms with Crippen LogP contribution in [0.25, 0.3) is 10.9 Å². The average Bonchev–Trinajstić information content (AvgIpc) is 2.78. The zero-order valence-corrected chi connectivity index (χ0v) is 23.4. The molecule has 11 heteroatoms. The van der Waals surface area contributed by atoms with Crippen molar-refractivity contribution in [3.05, 3.63) is 59.1 Å². The highest BCUT2D eigenvalue weighted by Crippen LogP contribution is 2.30. The fourth-order valence-corrected chi connectivity index (χ4v) is 4.09. The number of rotatable bonds is 4. The van der Waals surface area contributed by atoms with Crippen LogP contribution in [0, 0.1) is 5.41 Å². The third-order valence-electron chi connectivity index (χ3n) is 5.76. The lowest BCUT2D eigenvalue weighted by Gasteiger charge is -2.37. The maximum atomic E-state index is 12.3. The molecule has 196 valence electrons. The van der Waals surface area contributed by atoms with E-state index < -0.39 is 11.4 Å². The number of piperazine rings is 1. The molecule has 1 aliphatic heterocycles. The highest BCUT2D eigenvalue weighted by atomic mass is 35.5. The lowest BCUT2D eigenvalue weighted by molar-refractivity contribution is -0.123. The van der Waals surface area contributed by atoms with E-state index in [1.54, 1.807) is 24.3 Å². The number of hydrogen-bond donors (Lipinski definition) is 2. The molecular formula is C25H30Cl4N4O3. The molecule has 1 aromatic heterocycles. The van der Waals surface area contributed by atoms with Crippen LogP contribution >= 0.6 is 48.8 Å². The summed E-state index contributed by atoms with van der Waals surface area (Å²) in [5.41, 5.74) is 1.73. The lowest BCUT2D eigenvalue weighted by Crippen LogP contribution is -2.47. The molecular weight excluding hydrogens is 546 g/mol. The molecule has 0 spiro atoms. The summed E-state index contributed by atoms with van der Waals surface area (Å²) in [5, 5.41) is 13.9. The van der Waals surface area contributed by atoms with Crippen molar-refractivity contribution in [3.63, 3.8) is 0 Å². The maximum absolute atomic E-state index is 12.3. The smallest absolute Gasteiger partial charge is 0.336 e. The molecule has 36 heavy (non-hydrogen) atoms. The van der Waals surface area contributed by atoms with Crippen molar-refractivity contribution >= 4 is 88.8 Å². The van der Waals surface area contributed by atoms with Gasteiger partial charge in [-0.3, -0.25) is 4.79 Å². The first-order valence-electron chi connectivity index (χ1n) is 10.9. The molecule has 1 fully saturated rings. The number of nitrogens with one attached hydrogen (secondary N) is 1. The van der Waals surface area contributed by atoms with E-state index in [4.69, 9.17) is 16.6 Å². The van der Waals surface area contributed by atoms with Crippen LogP contribution in [0.3, 0.4) is 0 Å². The van der Waals surface area contributed by atoms with E-state index in [0.29, 0.717) is 35.5 Å². The van der Waals surface area contributed by atoms with E-state index in [1.165, 1.54) is 0 Å². The Morgan fingerprint density at radius 2 is 1.56 bits per heavy atom. The Kier molecular flexibility index (Phi) is 11.1. The number of nitrogens with zero attached hydrogens (tertiary/aromatic N) is 3. The molecule has 1 saturated heterocycles. The van der Waals surface area contributed by atoms with Crippen LogP contribution in [-0.2, 0) is 4.79 Å². The van der Waals surface area contributed by atoms with Gasteiger partial charge in [0.05, 0.1) is 21.8 Å². The summed E-state index contributed by atoms with van der Waals surface area (Å²) in [7, 11) is 0. The summed E-state index contributed by atoms with van der Waals surface area (Å²) in [6.07, 6.45) is 0. The summed E-state index contributed by atoms with van der Waals surface area (Å²) in [4.78, 5) is 33.4.